The Labute approximate surface area is 265 Å². The molecule has 45 heavy (non-hydrogen) atoms. The van der Waals surface area contributed by atoms with Gasteiger partial charge in [-0.25, -0.2) is 4.79 Å². The van der Waals surface area contributed by atoms with Crippen molar-refractivity contribution in [1.29, 1.82) is 0 Å². The van der Waals surface area contributed by atoms with Crippen molar-refractivity contribution in [3.63, 3.8) is 0 Å². The Morgan fingerprint density at radius 1 is 0.911 bits per heavy atom. The molecule has 1 atom stereocenters. The smallest absolute Gasteiger partial charge is 0.410 e. The second kappa shape index (κ2) is 16.2. The molecule has 3 aromatic carbocycles. The molecule has 10 heteroatoms. The number of nitro groups is 1. The van der Waals surface area contributed by atoms with E-state index in [1.54, 1.807) is 23.1 Å². The fraction of sp³-hybridized carbons (Fsp3) is 0.429. The average Bonchev–Trinajstić information content (AvgIpc) is 3.63. The largest absolute Gasteiger partial charge is 0.444 e. The molecule has 10 nitrogen and oxygen atoms in total. The Kier molecular flexibility index (Phi) is 12.1. The van der Waals surface area contributed by atoms with Gasteiger partial charge >= 0.3 is 6.09 Å². The van der Waals surface area contributed by atoms with Gasteiger partial charge in [0.05, 0.1) is 29.2 Å². The highest BCUT2D eigenvalue weighted by Gasteiger charge is 2.39. The van der Waals surface area contributed by atoms with Gasteiger partial charge in [-0.05, 0) is 75.7 Å². The Morgan fingerprint density at radius 3 is 2.13 bits per heavy atom. The standard InChI is InChI=1S/C23H30N2O2.C12H14N2O4/c1-4-23(24(2)3,18-19-8-6-5-7-9-19)22(26)20-10-12-21(13-11-20)25-14-16-27-17-15-25;15-12(13-7-3-4-8-13)18-9-10-5-1-2-6-11(10)14(16)17/h5-13H,4,14-18H2,1-3H3;1-2,5-6H,3-4,7-9H2. The number of ketones is 1. The predicted molar refractivity (Wildman–Crippen MR) is 175 cm³/mol. The molecule has 2 saturated heterocycles. The lowest BCUT2D eigenvalue weighted by Crippen LogP contribution is -2.52. The van der Waals surface area contributed by atoms with Crippen molar-refractivity contribution in [3.8, 4) is 0 Å². The maximum absolute atomic E-state index is 13.6. The minimum absolute atomic E-state index is 0.0216. The summed E-state index contributed by atoms with van der Waals surface area (Å²) in [5, 5.41) is 10.8. The molecule has 0 spiro atoms. The second-order valence-electron chi connectivity index (χ2n) is 11.6. The minimum atomic E-state index is -0.540. The first-order valence-electron chi connectivity index (χ1n) is 15.6. The number of para-hydroxylation sites is 1. The van der Waals surface area contributed by atoms with Crippen molar-refractivity contribution in [2.24, 2.45) is 0 Å². The number of amides is 1. The number of anilines is 1. The number of likely N-dealkylation sites (N-methyl/N-ethyl adjacent to an activating group) is 1. The Morgan fingerprint density at radius 2 is 1.53 bits per heavy atom. The summed E-state index contributed by atoms with van der Waals surface area (Å²) < 4.78 is 10.5. The van der Waals surface area contributed by atoms with Crippen LogP contribution < -0.4 is 4.90 Å². The molecule has 2 fully saturated rings. The van der Waals surface area contributed by atoms with Crippen LogP contribution in [0.25, 0.3) is 0 Å². The van der Waals surface area contributed by atoms with Gasteiger partial charge in [0.25, 0.3) is 5.69 Å². The van der Waals surface area contributed by atoms with Gasteiger partial charge in [-0.1, -0.05) is 49.4 Å². The summed E-state index contributed by atoms with van der Waals surface area (Å²) in [7, 11) is 4.01. The van der Waals surface area contributed by atoms with Crippen LogP contribution in [0, 0.1) is 10.1 Å². The molecule has 0 aliphatic carbocycles. The van der Waals surface area contributed by atoms with E-state index in [0.29, 0.717) is 25.1 Å². The number of benzene rings is 3. The normalized spacial score (nSPS) is 16.0. The topological polar surface area (TPSA) is 105 Å². The van der Waals surface area contributed by atoms with Crippen molar-refractivity contribution >= 4 is 23.3 Å². The van der Waals surface area contributed by atoms with Gasteiger partial charge in [-0.15, -0.1) is 0 Å². The molecule has 2 aliphatic rings. The van der Waals surface area contributed by atoms with Gasteiger partial charge in [-0.3, -0.25) is 19.8 Å². The van der Waals surface area contributed by atoms with Crippen molar-refractivity contribution in [1.82, 2.24) is 9.80 Å². The highest BCUT2D eigenvalue weighted by molar-refractivity contribution is 6.03. The zero-order valence-electron chi connectivity index (χ0n) is 26.5. The Bertz CT molecular complexity index is 1400. The third-order valence-electron chi connectivity index (χ3n) is 8.61. The van der Waals surface area contributed by atoms with Gasteiger partial charge in [0.2, 0.25) is 0 Å². The van der Waals surface area contributed by atoms with Crippen molar-refractivity contribution in [3.05, 3.63) is 106 Å². The predicted octanol–water partition coefficient (Wildman–Crippen LogP) is 5.99. The van der Waals surface area contributed by atoms with Gasteiger partial charge in [0.15, 0.2) is 5.78 Å². The van der Waals surface area contributed by atoms with E-state index >= 15 is 0 Å². The van der Waals surface area contributed by atoms with Crippen LogP contribution in [0.2, 0.25) is 0 Å². The number of hydrogen-bond acceptors (Lipinski definition) is 8. The molecular weight excluding hydrogens is 572 g/mol. The molecule has 0 radical (unpaired) electrons. The maximum atomic E-state index is 13.6. The molecule has 2 aliphatic heterocycles. The summed E-state index contributed by atoms with van der Waals surface area (Å²) in [6.07, 6.45) is 3.05. The number of Topliss-reactive ketones (excluding diaryl/α,β-unsaturated/α-hetero) is 1. The van der Waals surface area contributed by atoms with Crippen molar-refractivity contribution < 1.29 is 24.0 Å². The van der Waals surface area contributed by atoms with E-state index in [1.165, 1.54) is 11.6 Å². The first-order valence-corrected chi connectivity index (χ1v) is 15.6. The molecular formula is C35H44N4O6. The van der Waals surface area contributed by atoms with Crippen LogP contribution in [-0.2, 0) is 22.5 Å². The number of nitrogens with zero attached hydrogens (tertiary/aromatic N) is 4. The van der Waals surface area contributed by atoms with Gasteiger partial charge < -0.3 is 19.3 Å². The number of morpholine rings is 1. The summed E-state index contributed by atoms with van der Waals surface area (Å²) in [5.74, 6) is 0.187. The van der Waals surface area contributed by atoms with Crippen LogP contribution in [0.1, 0.15) is 47.7 Å². The van der Waals surface area contributed by atoms with Crippen LogP contribution in [0.3, 0.4) is 0 Å². The highest BCUT2D eigenvalue weighted by atomic mass is 16.6. The molecule has 240 valence electrons. The van der Waals surface area contributed by atoms with E-state index in [0.717, 1.165) is 56.8 Å². The summed E-state index contributed by atoms with van der Waals surface area (Å²) in [5.41, 5.74) is 2.97. The van der Waals surface area contributed by atoms with E-state index in [-0.39, 0.29) is 18.1 Å². The van der Waals surface area contributed by atoms with Crippen LogP contribution in [0.5, 0.6) is 0 Å². The van der Waals surface area contributed by atoms with Crippen molar-refractivity contribution in [2.75, 3.05) is 58.4 Å². The number of rotatable bonds is 10. The van der Waals surface area contributed by atoms with Crippen LogP contribution in [-0.4, -0.2) is 85.6 Å². The number of carbonyl (C=O) groups excluding carboxylic acids is 2. The van der Waals surface area contributed by atoms with Gasteiger partial charge in [0, 0.05) is 43.5 Å². The number of ether oxygens (including phenoxy) is 2. The number of nitro benzene ring substituents is 1. The third-order valence-corrected chi connectivity index (χ3v) is 8.61. The second-order valence-corrected chi connectivity index (χ2v) is 11.6. The van der Waals surface area contributed by atoms with E-state index in [4.69, 9.17) is 9.47 Å². The highest BCUT2D eigenvalue weighted by Crippen LogP contribution is 2.29. The summed E-state index contributed by atoms with van der Waals surface area (Å²) in [6.45, 7) is 6.77. The lowest BCUT2D eigenvalue weighted by atomic mass is 9.80. The maximum Gasteiger partial charge on any atom is 0.410 e. The van der Waals surface area contributed by atoms with Crippen molar-refractivity contribution in [2.45, 2.75) is 44.8 Å². The number of likely N-dealkylation sites (tertiary alicyclic amines) is 1. The molecule has 0 N–H and O–H groups in total. The average molecular weight is 617 g/mol. The first-order chi connectivity index (χ1) is 21.7. The molecule has 0 aromatic heterocycles. The summed E-state index contributed by atoms with van der Waals surface area (Å²) in [6, 6.07) is 24.6. The van der Waals surface area contributed by atoms with Gasteiger partial charge in [0.1, 0.15) is 6.61 Å². The first kappa shape index (κ1) is 33.6. The lowest BCUT2D eigenvalue weighted by Gasteiger charge is -2.38. The molecule has 5 rings (SSSR count). The van der Waals surface area contributed by atoms with Crippen LogP contribution >= 0.6 is 0 Å². The summed E-state index contributed by atoms with van der Waals surface area (Å²) >= 11 is 0. The van der Waals surface area contributed by atoms with E-state index in [1.807, 2.05) is 44.4 Å². The molecule has 2 heterocycles. The zero-order valence-corrected chi connectivity index (χ0v) is 26.5. The van der Waals surface area contributed by atoms with Crippen LogP contribution in [0.15, 0.2) is 78.9 Å². The van der Waals surface area contributed by atoms with Gasteiger partial charge in [-0.2, -0.15) is 0 Å². The minimum Gasteiger partial charge on any atom is -0.444 e. The number of hydrogen-bond donors (Lipinski definition) is 0. The van der Waals surface area contributed by atoms with E-state index in [9.17, 15) is 19.7 Å². The van der Waals surface area contributed by atoms with E-state index in [2.05, 4.69) is 41.0 Å². The molecule has 3 aromatic rings. The Hall–Kier alpha value is -4.28. The molecule has 1 amide bonds. The number of carbonyl (C=O) groups is 2. The fourth-order valence-electron chi connectivity index (χ4n) is 5.83. The third kappa shape index (κ3) is 8.67. The zero-order chi connectivity index (χ0) is 32.2. The van der Waals surface area contributed by atoms with E-state index < -0.39 is 16.6 Å². The Balaban J connectivity index is 0.000000222. The SMILES string of the molecule is CCC(Cc1ccccc1)(C(=O)c1ccc(N2CCOCC2)cc1)N(C)C.O=C(OCc1ccccc1[N+](=O)[O-])N1CCCC1. The molecule has 1 unspecified atom stereocenters. The molecule has 0 bridgehead atoms. The monoisotopic (exact) mass is 616 g/mol. The summed E-state index contributed by atoms with van der Waals surface area (Å²) in [4.78, 5) is 41.5. The fourth-order valence-corrected chi connectivity index (χ4v) is 5.83. The quantitative estimate of drug-likeness (QED) is 0.156. The van der Waals surface area contributed by atoms with Crippen LogP contribution in [0.4, 0.5) is 16.2 Å². The molecule has 0 saturated carbocycles. The lowest BCUT2D eigenvalue weighted by molar-refractivity contribution is -0.385.